The summed E-state index contributed by atoms with van der Waals surface area (Å²) in [5.74, 6) is -2.18. The van der Waals surface area contributed by atoms with Crippen molar-refractivity contribution in [3.63, 3.8) is 0 Å². The first-order valence-corrected chi connectivity index (χ1v) is 15.3. The minimum Gasteiger partial charge on any atom is -0.465 e. The molecule has 0 aromatic rings. The fraction of sp³-hybridized carbons (Fsp3) is 0.759. The number of ether oxygens (including phenoxy) is 2. The minimum atomic E-state index is -0.926. The number of thioether (sulfide) groups is 1. The van der Waals surface area contributed by atoms with Gasteiger partial charge in [-0.1, -0.05) is 44.6 Å². The van der Waals surface area contributed by atoms with Gasteiger partial charge in [0.25, 0.3) is 0 Å². The van der Waals surface area contributed by atoms with Gasteiger partial charge in [-0.15, -0.1) is 11.8 Å². The van der Waals surface area contributed by atoms with Gasteiger partial charge in [-0.25, -0.2) is 0 Å². The highest BCUT2D eigenvalue weighted by Gasteiger charge is 2.74. The van der Waals surface area contributed by atoms with Crippen LogP contribution in [0.25, 0.3) is 0 Å². The third-order valence-corrected chi connectivity index (χ3v) is 11.2. The Kier molecular flexibility index (Phi) is 8.48. The van der Waals surface area contributed by atoms with E-state index in [1.165, 1.54) is 0 Å². The Morgan fingerprint density at radius 1 is 1.08 bits per heavy atom. The number of allylic oxidation sites excluding steroid dienone is 1. The third-order valence-electron chi connectivity index (χ3n) is 9.41. The highest BCUT2D eigenvalue weighted by Crippen LogP contribution is 2.65. The predicted molar refractivity (Wildman–Crippen MR) is 149 cm³/mol. The van der Waals surface area contributed by atoms with E-state index in [1.54, 1.807) is 16.7 Å². The number of esters is 1. The minimum absolute atomic E-state index is 0.0135. The molecule has 3 fully saturated rings. The molecule has 39 heavy (non-hydrogen) atoms. The zero-order valence-electron chi connectivity index (χ0n) is 23.4. The Morgan fingerprint density at radius 3 is 2.56 bits per heavy atom. The fourth-order valence-corrected chi connectivity index (χ4v) is 9.22. The molecule has 7 atom stereocenters. The quantitative estimate of drug-likeness (QED) is 0.371. The average Bonchev–Trinajstić information content (AvgIpc) is 3.28. The lowest BCUT2D eigenvalue weighted by atomic mass is 9.74. The fourth-order valence-electron chi connectivity index (χ4n) is 7.08. The Labute approximate surface area is 235 Å². The number of aliphatic hydroxyl groups is 1. The van der Waals surface area contributed by atoms with Crippen LogP contribution in [0.15, 0.2) is 24.3 Å². The highest BCUT2D eigenvalue weighted by atomic mass is 32.2. The van der Waals surface area contributed by atoms with Crippen LogP contribution in [0.4, 0.5) is 0 Å². The number of fused-ring (bicyclic) bond motifs is 2. The van der Waals surface area contributed by atoms with Gasteiger partial charge in [-0.3, -0.25) is 19.3 Å². The van der Waals surface area contributed by atoms with E-state index in [4.69, 9.17) is 9.47 Å². The number of rotatable bonds is 7. The first-order chi connectivity index (χ1) is 18.8. The standard InChI is InChI=1S/C29H43N3O6S/c1-4-20(2)21(19-33)32-24-26(35)31(13-12-30-14-17-37-18-15-30)11-8-10-29(24)22(25(32)34)23-27(36)38-16-7-5-6-9-28(23,3)39-29/h6,8-10,20-24,33H,4-5,7,11-19H2,1-3H3/b9-6-/t20-,21-,22-,23-,24?,28+,29-/m0/s1. The van der Waals surface area contributed by atoms with Crippen LogP contribution in [0.3, 0.4) is 0 Å². The lowest BCUT2D eigenvalue weighted by Crippen LogP contribution is -2.58. The molecule has 0 saturated carbocycles. The van der Waals surface area contributed by atoms with Gasteiger partial charge >= 0.3 is 5.97 Å². The van der Waals surface area contributed by atoms with Crippen LogP contribution in [0.2, 0.25) is 0 Å². The lowest BCUT2D eigenvalue weighted by molar-refractivity contribution is -0.155. The first-order valence-electron chi connectivity index (χ1n) is 14.5. The molecule has 1 N–H and O–H groups in total. The maximum absolute atomic E-state index is 14.5. The average molecular weight is 562 g/mol. The van der Waals surface area contributed by atoms with E-state index in [0.717, 1.165) is 38.9 Å². The van der Waals surface area contributed by atoms with E-state index in [-0.39, 0.29) is 30.3 Å². The second-order valence-corrected chi connectivity index (χ2v) is 13.5. The van der Waals surface area contributed by atoms with E-state index in [2.05, 4.69) is 17.1 Å². The topological polar surface area (TPSA) is 99.6 Å². The Balaban J connectivity index is 1.56. The van der Waals surface area contributed by atoms with Gasteiger partial charge in [-0.2, -0.15) is 0 Å². The molecule has 5 heterocycles. The molecule has 5 aliphatic rings. The van der Waals surface area contributed by atoms with Gasteiger partial charge in [0.15, 0.2) is 0 Å². The second-order valence-electron chi connectivity index (χ2n) is 11.7. The molecule has 10 heteroatoms. The van der Waals surface area contributed by atoms with Crippen molar-refractivity contribution in [3.05, 3.63) is 24.3 Å². The first kappa shape index (κ1) is 28.6. The van der Waals surface area contributed by atoms with Gasteiger partial charge in [-0.05, 0) is 25.7 Å². The van der Waals surface area contributed by atoms with Gasteiger partial charge in [0.2, 0.25) is 11.8 Å². The molecule has 1 unspecified atom stereocenters. The molecule has 0 aromatic carbocycles. The summed E-state index contributed by atoms with van der Waals surface area (Å²) in [4.78, 5) is 48.4. The van der Waals surface area contributed by atoms with Crippen LogP contribution in [-0.2, 0) is 23.9 Å². The van der Waals surface area contributed by atoms with Crippen molar-refractivity contribution in [3.8, 4) is 0 Å². The molecule has 0 bridgehead atoms. The summed E-state index contributed by atoms with van der Waals surface area (Å²) in [6.45, 7) is 10.9. The normalized spacial score (nSPS) is 37.6. The predicted octanol–water partition coefficient (Wildman–Crippen LogP) is 1.70. The van der Waals surface area contributed by atoms with E-state index < -0.39 is 33.4 Å². The molecule has 9 nitrogen and oxygen atoms in total. The molecule has 0 aliphatic carbocycles. The van der Waals surface area contributed by atoms with E-state index >= 15 is 0 Å². The van der Waals surface area contributed by atoms with Crippen molar-refractivity contribution >= 4 is 29.5 Å². The number of nitrogens with zero attached hydrogens (tertiary/aromatic N) is 3. The number of amides is 2. The molecule has 0 radical (unpaired) electrons. The summed E-state index contributed by atoms with van der Waals surface area (Å²) < 4.78 is 9.56. The highest BCUT2D eigenvalue weighted by molar-refractivity contribution is 8.02. The van der Waals surface area contributed by atoms with Crippen LogP contribution in [0.1, 0.15) is 40.0 Å². The number of morpholine rings is 1. The maximum atomic E-state index is 14.5. The summed E-state index contributed by atoms with van der Waals surface area (Å²) in [5.41, 5.74) is 0. The van der Waals surface area contributed by atoms with E-state index in [1.807, 2.05) is 37.8 Å². The molecule has 216 valence electrons. The van der Waals surface area contributed by atoms with Crippen LogP contribution in [0.5, 0.6) is 0 Å². The second kappa shape index (κ2) is 11.5. The van der Waals surface area contributed by atoms with Gasteiger partial charge in [0.1, 0.15) is 6.04 Å². The molecule has 3 saturated heterocycles. The Bertz CT molecular complexity index is 1010. The van der Waals surface area contributed by atoms with Crippen molar-refractivity contribution in [2.24, 2.45) is 17.8 Å². The molecule has 5 rings (SSSR count). The number of hydrogen-bond donors (Lipinski definition) is 1. The van der Waals surface area contributed by atoms with Crippen LogP contribution in [-0.4, -0.2) is 118 Å². The molecule has 0 aromatic heterocycles. The van der Waals surface area contributed by atoms with Crippen molar-refractivity contribution in [1.82, 2.24) is 14.7 Å². The SMILES string of the molecule is CC[C@H](C)[C@H](CO)N1C(=O)[C@@H]2[C@H]3C(=O)OCCC/C=C\[C@@]3(C)S[C@@]23C=CCN(CCN2CCOCC2)C(=O)C13. The smallest absolute Gasteiger partial charge is 0.311 e. The van der Waals surface area contributed by atoms with Crippen LogP contribution >= 0.6 is 11.8 Å². The lowest BCUT2D eigenvalue weighted by Gasteiger charge is -2.41. The Hall–Kier alpha value is -1.88. The number of aliphatic hydroxyl groups excluding tert-OH is 1. The van der Waals surface area contributed by atoms with E-state index in [9.17, 15) is 19.5 Å². The number of carbonyl (C=O) groups is 3. The summed E-state index contributed by atoms with van der Waals surface area (Å²) in [7, 11) is 0. The molecular weight excluding hydrogens is 518 g/mol. The molecule has 5 aliphatic heterocycles. The number of hydrogen-bond acceptors (Lipinski definition) is 8. The number of carbonyl (C=O) groups excluding carboxylic acids is 3. The zero-order chi connectivity index (χ0) is 27.8. The van der Waals surface area contributed by atoms with Gasteiger partial charge in [0, 0.05) is 37.5 Å². The monoisotopic (exact) mass is 561 g/mol. The number of likely N-dealkylation sites (tertiary alicyclic amines) is 1. The van der Waals surface area contributed by atoms with Gasteiger partial charge < -0.3 is 24.4 Å². The van der Waals surface area contributed by atoms with Crippen molar-refractivity contribution < 1.29 is 29.0 Å². The molecular formula is C29H43N3O6S. The Morgan fingerprint density at radius 2 is 1.85 bits per heavy atom. The molecule has 1 spiro atoms. The third kappa shape index (κ3) is 4.96. The summed E-state index contributed by atoms with van der Waals surface area (Å²) in [6, 6.07) is -1.32. The number of cyclic esters (lactones) is 1. The summed E-state index contributed by atoms with van der Waals surface area (Å²) in [6.07, 6.45) is 10.5. The van der Waals surface area contributed by atoms with Gasteiger partial charge in [0.05, 0.1) is 49.1 Å². The van der Waals surface area contributed by atoms with Crippen LogP contribution in [0, 0.1) is 17.8 Å². The summed E-state index contributed by atoms with van der Waals surface area (Å²) in [5, 5.41) is 10.5. The van der Waals surface area contributed by atoms with Crippen molar-refractivity contribution in [1.29, 1.82) is 0 Å². The van der Waals surface area contributed by atoms with Crippen LogP contribution < -0.4 is 0 Å². The zero-order valence-corrected chi connectivity index (χ0v) is 24.2. The molecule has 2 amide bonds. The maximum Gasteiger partial charge on any atom is 0.311 e. The van der Waals surface area contributed by atoms with Crippen molar-refractivity contribution in [2.45, 2.75) is 61.6 Å². The van der Waals surface area contributed by atoms with Crippen molar-refractivity contribution in [2.75, 3.05) is 59.2 Å². The largest absolute Gasteiger partial charge is 0.465 e. The van der Waals surface area contributed by atoms with E-state index in [0.29, 0.717) is 32.9 Å². The summed E-state index contributed by atoms with van der Waals surface area (Å²) >= 11 is 1.56.